The number of nitro benzene ring substituents is 1. The van der Waals surface area contributed by atoms with E-state index in [2.05, 4.69) is 122 Å². The first-order valence-corrected chi connectivity index (χ1v) is 29.5. The molecular weight excluding hydrogens is 1090 g/mol. The number of nitrogens with one attached hydrogen (secondary N) is 2. The fourth-order valence-electron chi connectivity index (χ4n) is 13.9. The van der Waals surface area contributed by atoms with Crippen LogP contribution in [0.15, 0.2) is 131 Å². The Morgan fingerprint density at radius 1 is 0.581 bits per heavy atom. The molecule has 6 fully saturated rings. The number of aromatic nitrogens is 8. The summed E-state index contributed by atoms with van der Waals surface area (Å²) in [5.41, 5.74) is 17.2. The Hall–Kier alpha value is -9.54. The van der Waals surface area contributed by atoms with Crippen LogP contribution in [0.3, 0.4) is 0 Å². The maximum Gasteiger partial charge on any atom is 0.294 e. The van der Waals surface area contributed by atoms with Gasteiger partial charge in [0.15, 0.2) is 0 Å². The number of oxazole rings is 2. The molecule has 6 aliphatic rings. The number of hydrogen-bond acceptors (Lipinski definition) is 19. The zero-order valence-electron chi connectivity index (χ0n) is 48.3. The number of hydrogen-bond donors (Lipinski definition) is 3. The van der Waals surface area contributed by atoms with E-state index in [1.54, 1.807) is 51.3 Å². The highest BCUT2D eigenvalue weighted by Crippen LogP contribution is 2.48. The molecule has 0 bridgehead atoms. The van der Waals surface area contributed by atoms with E-state index in [-0.39, 0.29) is 16.6 Å². The van der Waals surface area contributed by atoms with Gasteiger partial charge < -0.3 is 63.4 Å². The number of methoxy groups -OCH3 is 2. The molecule has 4 N–H and O–H groups in total. The third kappa shape index (κ3) is 9.80. The summed E-state index contributed by atoms with van der Waals surface area (Å²) in [6.45, 7) is 7.89. The molecule has 6 aromatic heterocycles. The number of anilines is 7. The fourth-order valence-corrected chi connectivity index (χ4v) is 13.9. The third-order valence-electron chi connectivity index (χ3n) is 18.1. The van der Waals surface area contributed by atoms with Crippen molar-refractivity contribution in [3.63, 3.8) is 0 Å². The van der Waals surface area contributed by atoms with Gasteiger partial charge in [0.1, 0.15) is 29.7 Å². The molecule has 4 atom stereocenters. The van der Waals surface area contributed by atoms with Gasteiger partial charge >= 0.3 is 0 Å². The quantitative estimate of drug-likeness (QED) is 0.0491. The van der Waals surface area contributed by atoms with E-state index in [9.17, 15) is 10.1 Å². The van der Waals surface area contributed by atoms with Crippen molar-refractivity contribution in [1.29, 1.82) is 0 Å². The molecule has 0 radical (unpaired) electrons. The summed E-state index contributed by atoms with van der Waals surface area (Å²) in [4.78, 5) is 49.3. The highest BCUT2D eigenvalue weighted by molar-refractivity contribution is 6.00. The predicted molar refractivity (Wildman–Crippen MR) is 330 cm³/mol. The molecule has 0 unspecified atom stereocenters. The van der Waals surface area contributed by atoms with Crippen molar-refractivity contribution in [2.75, 3.05) is 107 Å². The largest absolute Gasteiger partial charge is 0.494 e. The third-order valence-corrected chi connectivity index (χ3v) is 18.1. The van der Waals surface area contributed by atoms with Crippen LogP contribution in [0, 0.1) is 33.8 Å². The van der Waals surface area contributed by atoms with Crippen molar-refractivity contribution in [2.24, 2.45) is 23.7 Å². The van der Waals surface area contributed by atoms with Gasteiger partial charge in [0, 0.05) is 140 Å². The SMILES string of the molecule is COc1cc(N2C[C@H]3CN(C)C[C@H]3C2)c(N)cc1Nc1ncc(-c2ncco2)c(-c2cn(C3CC3)c3ccccc23)n1.COc1cc(N2C[C@H]3CN(C)C[C@H]3C2)c([N+](=O)[O-])cc1Nc1ncc(-c2ncco2)c(-c2cn(C3CC3)c3ccccc23)n1. The van der Waals surface area contributed by atoms with E-state index in [4.69, 9.17) is 34.0 Å². The number of likely N-dealkylation sites (tertiary alicyclic amines) is 2. The van der Waals surface area contributed by atoms with Crippen molar-refractivity contribution in [3.05, 3.63) is 133 Å². The van der Waals surface area contributed by atoms with Gasteiger partial charge in [-0.25, -0.2) is 29.9 Å². The minimum atomic E-state index is -0.328. The highest BCUT2D eigenvalue weighted by Gasteiger charge is 2.42. The number of ether oxygens (including phenoxy) is 2. The lowest BCUT2D eigenvalue weighted by Crippen LogP contribution is -2.27. The summed E-state index contributed by atoms with van der Waals surface area (Å²) in [6, 6.07) is 25.0. The van der Waals surface area contributed by atoms with Crippen molar-refractivity contribution < 1.29 is 23.2 Å². The Morgan fingerprint density at radius 3 is 1.45 bits per heavy atom. The van der Waals surface area contributed by atoms with E-state index in [0.29, 0.717) is 99.0 Å². The predicted octanol–water partition coefficient (Wildman–Crippen LogP) is 11.2. The number of nitrogens with two attached hydrogens (primary N) is 1. The summed E-state index contributed by atoms with van der Waals surface area (Å²) < 4.78 is 27.6. The second-order valence-electron chi connectivity index (χ2n) is 23.9. The minimum absolute atomic E-state index is 0.0192. The Kier molecular flexibility index (Phi) is 13.3. The van der Waals surface area contributed by atoms with Crippen molar-refractivity contribution >= 4 is 67.8 Å². The Balaban J connectivity index is 0.000000145. The Morgan fingerprint density at radius 2 is 1.02 bits per heavy atom. The molecule has 10 aromatic rings. The van der Waals surface area contributed by atoms with Crippen LogP contribution < -0.4 is 35.6 Å². The van der Waals surface area contributed by atoms with Gasteiger partial charge in [0.25, 0.3) is 5.69 Å². The van der Waals surface area contributed by atoms with E-state index in [1.165, 1.54) is 30.7 Å². The van der Waals surface area contributed by atoms with Crippen LogP contribution >= 0.6 is 0 Å². The summed E-state index contributed by atoms with van der Waals surface area (Å²) in [6.07, 6.45) is 18.8. The zero-order valence-corrected chi connectivity index (χ0v) is 48.3. The lowest BCUT2D eigenvalue weighted by atomic mass is 10.0. The number of fused-ring (bicyclic) bond motifs is 4. The average molecular weight is 1160 g/mol. The summed E-state index contributed by atoms with van der Waals surface area (Å²) in [7, 11) is 7.58. The lowest BCUT2D eigenvalue weighted by molar-refractivity contribution is -0.384. The number of nitrogen functional groups attached to an aromatic ring is 1. The molecule has 16 rings (SSSR count). The number of nitro groups is 1. The first-order valence-electron chi connectivity index (χ1n) is 29.5. The van der Waals surface area contributed by atoms with Crippen LogP contribution in [0.1, 0.15) is 37.8 Å². The van der Waals surface area contributed by atoms with Gasteiger partial charge in [-0.05, 0) is 81.6 Å². The van der Waals surface area contributed by atoms with Gasteiger partial charge in [-0.1, -0.05) is 36.4 Å². The standard InChI is InChI=1S/C32H32N8O4.C32H34N8O2/c1-37-14-19-16-38(17-20(19)15-37)27-12-29(43-2)25(11-28(27)40(41)42)35-32-34-13-23(31-33-9-10-44-31)30(36-32)24-18-39(21-7-8-21)26-6-4-3-5-22(24)26;1-38-14-19-16-39(17-20(19)15-38)28-12-29(41-2)26(11-25(28)33)36-32-35-13-23(31-34-9-10-42-31)30(37-32)24-18-40(21-7-8-21)27-6-4-3-5-22(24)27/h3-6,9-13,18-21H,7-8,14-17H2,1-2H3,(H,34,35,36);3-6,9-13,18-21H,7-8,14-17,33H2,1-2H3,(H,35,36,37)/t2*19-,20+. The molecule has 86 heavy (non-hydrogen) atoms. The lowest BCUT2D eigenvalue weighted by Gasteiger charge is -2.24. The van der Waals surface area contributed by atoms with E-state index < -0.39 is 0 Å². The van der Waals surface area contributed by atoms with Gasteiger partial charge in [0.05, 0.1) is 76.8 Å². The van der Waals surface area contributed by atoms with Crippen LogP contribution in [-0.2, 0) is 0 Å². The van der Waals surface area contributed by atoms with Crippen molar-refractivity contribution in [3.8, 4) is 56.9 Å². The zero-order chi connectivity index (χ0) is 58.3. The second-order valence-corrected chi connectivity index (χ2v) is 23.9. The molecule has 22 nitrogen and oxygen atoms in total. The summed E-state index contributed by atoms with van der Waals surface area (Å²) >= 11 is 0. The van der Waals surface area contributed by atoms with Crippen molar-refractivity contribution in [1.82, 2.24) is 48.8 Å². The molecule has 4 aliphatic heterocycles. The topological polar surface area (TPSA) is 238 Å². The van der Waals surface area contributed by atoms with E-state index in [1.807, 2.05) is 24.3 Å². The first kappa shape index (κ1) is 53.2. The number of benzene rings is 4. The average Bonchev–Trinajstić information content (AvgIpc) is 1.79. The summed E-state index contributed by atoms with van der Waals surface area (Å²) in [5.74, 6) is 5.14. The Labute approximate surface area is 495 Å². The molecule has 4 saturated heterocycles. The van der Waals surface area contributed by atoms with E-state index >= 15 is 0 Å². The molecule has 2 aliphatic carbocycles. The van der Waals surface area contributed by atoms with Crippen LogP contribution in [0.2, 0.25) is 0 Å². The van der Waals surface area contributed by atoms with Crippen LogP contribution in [0.5, 0.6) is 11.5 Å². The van der Waals surface area contributed by atoms with Gasteiger partial charge in [0.2, 0.25) is 23.7 Å². The first-order chi connectivity index (χ1) is 42.0. The van der Waals surface area contributed by atoms with Crippen LogP contribution in [-0.4, -0.2) is 134 Å². The Bertz CT molecular complexity index is 4170. The fraction of sp³-hybridized carbons (Fsp3) is 0.344. The molecule has 2 saturated carbocycles. The normalized spacial score (nSPS) is 20.1. The monoisotopic (exact) mass is 1150 g/mol. The minimum Gasteiger partial charge on any atom is -0.494 e. The number of rotatable bonds is 15. The molecule has 0 amide bonds. The highest BCUT2D eigenvalue weighted by atomic mass is 16.6. The molecule has 0 spiro atoms. The van der Waals surface area contributed by atoms with Crippen molar-refractivity contribution in [2.45, 2.75) is 37.8 Å². The smallest absolute Gasteiger partial charge is 0.294 e. The van der Waals surface area contributed by atoms with Gasteiger partial charge in [-0.3, -0.25) is 10.1 Å². The van der Waals surface area contributed by atoms with E-state index in [0.717, 1.165) is 110 Å². The van der Waals surface area contributed by atoms with Crippen LogP contribution in [0.4, 0.5) is 46.0 Å². The number of nitrogens with zero attached hydrogens (tertiary/aromatic N) is 13. The molecular formula is C64H66N16O6. The summed E-state index contributed by atoms with van der Waals surface area (Å²) in [5, 5.41) is 21.1. The maximum atomic E-state index is 12.3. The van der Waals surface area contributed by atoms with Gasteiger partial charge in [-0.15, -0.1) is 0 Å². The molecule has 438 valence electrons. The molecule has 10 heterocycles. The molecule has 22 heteroatoms. The molecule has 4 aromatic carbocycles. The maximum absolute atomic E-state index is 12.3. The number of para-hydroxylation sites is 2. The van der Waals surface area contributed by atoms with Crippen LogP contribution in [0.25, 0.3) is 67.2 Å². The van der Waals surface area contributed by atoms with Gasteiger partial charge in [-0.2, -0.15) is 0 Å². The second kappa shape index (κ2) is 21.5.